The smallest absolute Gasteiger partial charge is 0.280 e. The Morgan fingerprint density at radius 3 is 2.37 bits per heavy atom. The van der Waals surface area contributed by atoms with Gasteiger partial charge in [-0.05, 0) is 23.6 Å². The number of benzene rings is 1. The van der Waals surface area contributed by atoms with E-state index in [1.54, 1.807) is 7.05 Å². The molecule has 0 saturated carbocycles. The van der Waals surface area contributed by atoms with Crippen molar-refractivity contribution >= 4 is 38.7 Å². The van der Waals surface area contributed by atoms with Crippen molar-refractivity contribution in [1.82, 2.24) is 19.1 Å². The minimum Gasteiger partial charge on any atom is -0.280 e. The lowest BCUT2D eigenvalue weighted by atomic mass is 10.1. The molecule has 0 spiro atoms. The van der Waals surface area contributed by atoms with E-state index in [0.717, 1.165) is 14.6 Å². The topological polar surface area (TPSA) is 69.8 Å². The second-order valence-electron chi connectivity index (χ2n) is 6.86. The zero-order valence-corrected chi connectivity index (χ0v) is 18.1. The molecule has 0 bridgehead atoms. The number of rotatable bonds is 5. The van der Waals surface area contributed by atoms with E-state index in [2.05, 4.69) is 39.7 Å². The predicted molar refractivity (Wildman–Crippen MR) is 112 cm³/mol. The Kier molecular flexibility index (Phi) is 5.86. The van der Waals surface area contributed by atoms with Crippen LogP contribution in [-0.4, -0.2) is 19.1 Å². The van der Waals surface area contributed by atoms with Gasteiger partial charge in [-0.3, -0.25) is 13.9 Å². The molecule has 27 heavy (non-hydrogen) atoms. The Morgan fingerprint density at radius 2 is 1.74 bits per heavy atom. The van der Waals surface area contributed by atoms with Crippen LogP contribution < -0.4 is 11.2 Å². The fraction of sp³-hybridized carbons (Fsp3) is 0.368. The van der Waals surface area contributed by atoms with Gasteiger partial charge < -0.3 is 0 Å². The molecule has 0 N–H and O–H groups in total. The molecule has 0 aliphatic carbocycles. The van der Waals surface area contributed by atoms with Crippen LogP contribution in [-0.2, 0) is 26.3 Å². The summed E-state index contributed by atoms with van der Waals surface area (Å²) in [6.45, 7) is 4.18. The Balaban J connectivity index is 2.14. The Morgan fingerprint density at radius 1 is 1.07 bits per heavy atom. The minimum absolute atomic E-state index is 0.359. The van der Waals surface area contributed by atoms with Gasteiger partial charge in [0, 0.05) is 30.7 Å². The van der Waals surface area contributed by atoms with Gasteiger partial charge in [-0.2, -0.15) is 0 Å². The number of hydrogen-bond acceptors (Lipinski definition) is 5. The minimum atomic E-state index is -0.384. The van der Waals surface area contributed by atoms with Crippen molar-refractivity contribution < 1.29 is 0 Å². The predicted octanol–water partition coefficient (Wildman–Crippen LogP) is 3.28. The molecule has 0 radical (unpaired) electrons. The summed E-state index contributed by atoms with van der Waals surface area (Å²) in [7, 11) is 3.12. The summed E-state index contributed by atoms with van der Waals surface area (Å²) < 4.78 is 3.55. The van der Waals surface area contributed by atoms with Gasteiger partial charge in [0.05, 0.1) is 0 Å². The lowest BCUT2D eigenvalue weighted by molar-refractivity contribution is 0.613. The fourth-order valence-electron chi connectivity index (χ4n) is 2.77. The quantitative estimate of drug-likeness (QED) is 0.442. The number of halogens is 1. The van der Waals surface area contributed by atoms with E-state index >= 15 is 0 Å². The molecule has 6 nitrogen and oxygen atoms in total. The van der Waals surface area contributed by atoms with Gasteiger partial charge in [0.2, 0.25) is 0 Å². The standard InChI is InChI=1S/C19H21BrN4O2S/c1-11(2)9-14-21-16-15(18(25)24(4)19(26)23(16)3)17(22-14)27-10-12-5-7-13(20)8-6-12/h5-8,11H,9-10H2,1-4H3. The van der Waals surface area contributed by atoms with Gasteiger partial charge in [0.1, 0.15) is 16.2 Å². The zero-order chi connectivity index (χ0) is 19.7. The molecule has 0 unspecified atom stereocenters. The van der Waals surface area contributed by atoms with Crippen molar-refractivity contribution in [2.45, 2.75) is 31.0 Å². The van der Waals surface area contributed by atoms with Crippen molar-refractivity contribution in [3.8, 4) is 0 Å². The molecule has 0 saturated heterocycles. The first-order valence-corrected chi connectivity index (χ1v) is 10.4. The number of nitrogens with zero attached hydrogens (tertiary/aromatic N) is 4. The number of aryl methyl sites for hydroxylation is 1. The molecule has 0 amide bonds. The van der Waals surface area contributed by atoms with Gasteiger partial charge in [-0.1, -0.05) is 41.9 Å². The lowest BCUT2D eigenvalue weighted by Crippen LogP contribution is -2.37. The van der Waals surface area contributed by atoms with Gasteiger partial charge in [0.15, 0.2) is 5.65 Å². The molecule has 142 valence electrons. The molecule has 3 aromatic rings. The Bertz CT molecular complexity index is 1100. The van der Waals surface area contributed by atoms with Crippen molar-refractivity contribution in [3.63, 3.8) is 0 Å². The van der Waals surface area contributed by atoms with Gasteiger partial charge in [-0.15, -0.1) is 11.8 Å². The number of hydrogen-bond donors (Lipinski definition) is 0. The molecule has 2 aromatic heterocycles. The largest absolute Gasteiger partial charge is 0.332 e. The molecular weight excluding hydrogens is 428 g/mol. The van der Waals surface area contributed by atoms with Crippen LogP contribution in [0.5, 0.6) is 0 Å². The summed E-state index contributed by atoms with van der Waals surface area (Å²) >= 11 is 4.93. The molecule has 2 heterocycles. The highest BCUT2D eigenvalue weighted by Crippen LogP contribution is 2.26. The van der Waals surface area contributed by atoms with Crippen molar-refractivity contribution in [2.24, 2.45) is 20.0 Å². The summed E-state index contributed by atoms with van der Waals surface area (Å²) in [5.74, 6) is 1.70. The third-order valence-corrected chi connectivity index (χ3v) is 5.77. The van der Waals surface area contributed by atoms with E-state index in [1.165, 1.54) is 23.4 Å². The normalized spacial score (nSPS) is 11.5. The molecular formula is C19H21BrN4O2S. The van der Waals surface area contributed by atoms with Crippen LogP contribution >= 0.6 is 27.7 Å². The summed E-state index contributed by atoms with van der Waals surface area (Å²) in [5.41, 5.74) is 0.780. The van der Waals surface area contributed by atoms with Crippen LogP contribution in [0.15, 0.2) is 43.4 Å². The first-order valence-electron chi connectivity index (χ1n) is 8.61. The van der Waals surface area contributed by atoms with Crippen LogP contribution in [0.25, 0.3) is 11.0 Å². The van der Waals surface area contributed by atoms with E-state index in [-0.39, 0.29) is 11.2 Å². The maximum Gasteiger partial charge on any atom is 0.332 e. The third-order valence-electron chi connectivity index (χ3n) is 4.19. The average Bonchev–Trinajstić information content (AvgIpc) is 2.63. The maximum atomic E-state index is 12.8. The van der Waals surface area contributed by atoms with E-state index in [0.29, 0.717) is 40.0 Å². The van der Waals surface area contributed by atoms with Gasteiger partial charge in [-0.25, -0.2) is 14.8 Å². The fourth-order valence-corrected chi connectivity index (χ4v) is 4.02. The van der Waals surface area contributed by atoms with E-state index < -0.39 is 0 Å². The molecule has 1 aromatic carbocycles. The zero-order valence-electron chi connectivity index (χ0n) is 15.7. The molecule has 3 rings (SSSR count). The summed E-state index contributed by atoms with van der Waals surface area (Å²) in [6, 6.07) is 8.04. The van der Waals surface area contributed by atoms with Crippen LogP contribution in [0, 0.1) is 5.92 Å². The SMILES string of the molecule is CC(C)Cc1nc(SCc2ccc(Br)cc2)c2c(=O)n(C)c(=O)n(C)c2n1. The third kappa shape index (κ3) is 4.16. The van der Waals surface area contributed by atoms with Gasteiger partial charge in [0.25, 0.3) is 5.56 Å². The number of thioether (sulfide) groups is 1. The summed E-state index contributed by atoms with van der Waals surface area (Å²) in [4.78, 5) is 34.3. The Labute approximate surface area is 169 Å². The van der Waals surface area contributed by atoms with Crippen LogP contribution in [0.4, 0.5) is 0 Å². The summed E-state index contributed by atoms with van der Waals surface area (Å²) in [5, 5.41) is 1.02. The first-order chi connectivity index (χ1) is 12.8. The van der Waals surface area contributed by atoms with Crippen molar-refractivity contribution in [1.29, 1.82) is 0 Å². The highest BCUT2D eigenvalue weighted by molar-refractivity contribution is 9.10. The number of fused-ring (bicyclic) bond motifs is 1. The van der Waals surface area contributed by atoms with Crippen molar-refractivity contribution in [3.05, 3.63) is 61.0 Å². The van der Waals surface area contributed by atoms with Crippen LogP contribution in [0.2, 0.25) is 0 Å². The van der Waals surface area contributed by atoms with Crippen LogP contribution in [0.3, 0.4) is 0 Å². The summed E-state index contributed by atoms with van der Waals surface area (Å²) in [6.07, 6.45) is 0.686. The Hall–Kier alpha value is -1.93. The molecule has 8 heteroatoms. The van der Waals surface area contributed by atoms with E-state index in [9.17, 15) is 9.59 Å². The average molecular weight is 449 g/mol. The second-order valence-corrected chi connectivity index (χ2v) is 8.74. The van der Waals surface area contributed by atoms with Crippen LogP contribution in [0.1, 0.15) is 25.2 Å². The first kappa shape index (κ1) is 19.8. The highest BCUT2D eigenvalue weighted by atomic mass is 79.9. The van der Waals surface area contributed by atoms with E-state index in [1.807, 2.05) is 24.3 Å². The van der Waals surface area contributed by atoms with E-state index in [4.69, 9.17) is 0 Å². The monoisotopic (exact) mass is 448 g/mol. The molecule has 0 aliphatic rings. The lowest BCUT2D eigenvalue weighted by Gasteiger charge is -2.12. The maximum absolute atomic E-state index is 12.8. The molecule has 0 atom stereocenters. The number of aromatic nitrogens is 4. The van der Waals surface area contributed by atoms with Gasteiger partial charge >= 0.3 is 5.69 Å². The molecule has 0 fully saturated rings. The van der Waals surface area contributed by atoms with Crippen molar-refractivity contribution in [2.75, 3.05) is 0 Å². The highest BCUT2D eigenvalue weighted by Gasteiger charge is 2.18. The second kappa shape index (κ2) is 7.98. The molecule has 0 aliphatic heterocycles.